The summed E-state index contributed by atoms with van der Waals surface area (Å²) in [4.78, 5) is 13.0. The fraction of sp³-hybridized carbons (Fsp3) is 0.472. The number of carbonyl (C=O) groups is 1. The van der Waals surface area contributed by atoms with Crippen LogP contribution in [-0.4, -0.2) is 22.2 Å². The van der Waals surface area contributed by atoms with Crippen LogP contribution in [0.5, 0.6) is 11.5 Å². The van der Waals surface area contributed by atoms with Crippen LogP contribution in [0.2, 0.25) is 0 Å². The average molecular weight is 560 g/mol. The fourth-order valence-electron chi connectivity index (χ4n) is 6.79. The second-order valence-corrected chi connectivity index (χ2v) is 12.1. The van der Waals surface area contributed by atoms with Crippen LogP contribution in [0.15, 0.2) is 77.4 Å². The van der Waals surface area contributed by atoms with E-state index in [1.807, 2.05) is 12.1 Å². The van der Waals surface area contributed by atoms with Crippen LogP contribution in [0.25, 0.3) is 0 Å². The van der Waals surface area contributed by atoms with Gasteiger partial charge in [-0.15, -0.1) is 0 Å². The summed E-state index contributed by atoms with van der Waals surface area (Å²) in [5.41, 5.74) is 5.55. The maximum atomic E-state index is 13.5. The van der Waals surface area contributed by atoms with Crippen molar-refractivity contribution in [2.75, 3.05) is 0 Å². The zero-order valence-corrected chi connectivity index (χ0v) is 25.1. The minimum atomic E-state index is -0.370. The van der Waals surface area contributed by atoms with Gasteiger partial charge in [0.05, 0.1) is 5.56 Å². The van der Waals surface area contributed by atoms with E-state index in [0.717, 1.165) is 63.4 Å². The molecule has 4 nitrogen and oxygen atoms in total. The number of rotatable bonds is 12. The van der Waals surface area contributed by atoms with Gasteiger partial charge in [0.1, 0.15) is 5.82 Å². The van der Waals surface area contributed by atoms with E-state index in [9.17, 15) is 19.4 Å². The number of aromatic hydroxyl groups is 2. The highest BCUT2D eigenvalue weighted by molar-refractivity contribution is 5.97. The van der Waals surface area contributed by atoms with Gasteiger partial charge in [0.2, 0.25) is 0 Å². The standard InChI is InChI=1S/C36H46FNO3/c1-5-9-30(38-35(41)31-10-8-11-33(39)34(31)40)21-28-15-14-27-20-24(4)26(22-32(27)28)18-19-36(6-2,7-3)23-25-12-16-29(37)17-13-25/h8,10-13,16-20,28,30,32,39-40H,5-7,9,14-15,21-23H2,1-4H3,(H,38,41). The Morgan fingerprint density at radius 2 is 1.85 bits per heavy atom. The normalized spacial score (nSPS) is 19.8. The molecule has 0 radical (unpaired) electrons. The molecule has 0 spiro atoms. The molecular weight excluding hydrogens is 513 g/mol. The molecule has 3 N–H and O–H groups in total. The number of carbonyl (C=O) groups excluding carboxylic acids is 1. The summed E-state index contributed by atoms with van der Waals surface area (Å²) in [5, 5.41) is 23.2. The maximum absolute atomic E-state index is 13.5. The van der Waals surface area contributed by atoms with Crippen molar-refractivity contribution in [2.45, 2.75) is 91.5 Å². The number of allylic oxidation sites excluding steroid dienone is 6. The molecular formula is C36H46FNO3. The Morgan fingerprint density at radius 3 is 2.54 bits per heavy atom. The Bertz CT molecular complexity index is 1300. The lowest BCUT2D eigenvalue weighted by atomic mass is 9.75. The molecule has 3 atom stereocenters. The summed E-state index contributed by atoms with van der Waals surface area (Å²) in [6.07, 6.45) is 16.0. The minimum absolute atomic E-state index is 0.00753. The van der Waals surface area contributed by atoms with Crippen molar-refractivity contribution in [3.05, 3.63) is 94.4 Å². The fourth-order valence-corrected chi connectivity index (χ4v) is 6.79. The van der Waals surface area contributed by atoms with Gasteiger partial charge in [0.25, 0.3) is 5.91 Å². The number of nitrogens with one attached hydrogen (secondary N) is 1. The predicted molar refractivity (Wildman–Crippen MR) is 164 cm³/mol. The number of benzene rings is 2. The molecule has 2 aliphatic rings. The Morgan fingerprint density at radius 1 is 1.12 bits per heavy atom. The molecule has 0 aliphatic heterocycles. The number of phenolic OH excluding ortho intramolecular Hbond substituents is 2. The number of fused-ring (bicyclic) bond motifs is 1. The quantitative estimate of drug-likeness (QED) is 0.228. The van der Waals surface area contributed by atoms with E-state index in [0.29, 0.717) is 11.8 Å². The third-order valence-electron chi connectivity index (χ3n) is 9.53. The molecule has 4 rings (SSSR count). The summed E-state index contributed by atoms with van der Waals surface area (Å²) in [6, 6.07) is 11.4. The molecule has 2 aliphatic carbocycles. The van der Waals surface area contributed by atoms with E-state index in [2.05, 4.69) is 51.2 Å². The van der Waals surface area contributed by atoms with Gasteiger partial charge in [-0.1, -0.05) is 69.2 Å². The zero-order valence-electron chi connectivity index (χ0n) is 25.1. The highest BCUT2D eigenvalue weighted by atomic mass is 19.1. The Hall–Kier alpha value is -3.34. The Kier molecular flexibility index (Phi) is 10.1. The predicted octanol–water partition coefficient (Wildman–Crippen LogP) is 8.80. The number of halogens is 1. The minimum Gasteiger partial charge on any atom is -0.504 e. The first-order valence-corrected chi connectivity index (χ1v) is 15.3. The molecule has 2 aromatic carbocycles. The number of para-hydroxylation sites is 1. The summed E-state index contributed by atoms with van der Waals surface area (Å²) in [5.74, 6) is -0.242. The van der Waals surface area contributed by atoms with Crippen LogP contribution in [-0.2, 0) is 6.42 Å². The summed E-state index contributed by atoms with van der Waals surface area (Å²) in [6.45, 7) is 8.82. The number of hydrogen-bond acceptors (Lipinski definition) is 3. The maximum Gasteiger partial charge on any atom is 0.255 e. The van der Waals surface area contributed by atoms with Gasteiger partial charge in [-0.2, -0.15) is 0 Å². The molecule has 0 saturated heterocycles. The van der Waals surface area contributed by atoms with E-state index < -0.39 is 0 Å². The van der Waals surface area contributed by atoms with E-state index >= 15 is 0 Å². The number of amides is 1. The van der Waals surface area contributed by atoms with Crippen LogP contribution >= 0.6 is 0 Å². The van der Waals surface area contributed by atoms with Crippen molar-refractivity contribution >= 4 is 5.91 Å². The van der Waals surface area contributed by atoms with Crippen LogP contribution in [0.4, 0.5) is 4.39 Å². The van der Waals surface area contributed by atoms with E-state index in [-0.39, 0.29) is 40.2 Å². The van der Waals surface area contributed by atoms with Crippen LogP contribution in [0.3, 0.4) is 0 Å². The molecule has 1 saturated carbocycles. The second-order valence-electron chi connectivity index (χ2n) is 12.1. The third kappa shape index (κ3) is 7.30. The number of hydrogen-bond donors (Lipinski definition) is 3. The molecule has 0 aromatic heterocycles. The molecule has 2 aromatic rings. The van der Waals surface area contributed by atoms with Gasteiger partial charge in [-0.3, -0.25) is 4.79 Å². The van der Waals surface area contributed by atoms with Crippen molar-refractivity contribution in [3.63, 3.8) is 0 Å². The van der Waals surface area contributed by atoms with Crippen LogP contribution < -0.4 is 5.32 Å². The molecule has 3 unspecified atom stereocenters. The van der Waals surface area contributed by atoms with Crippen molar-refractivity contribution < 1.29 is 19.4 Å². The van der Waals surface area contributed by atoms with E-state index in [1.165, 1.54) is 22.8 Å². The highest BCUT2D eigenvalue weighted by Gasteiger charge is 2.36. The summed E-state index contributed by atoms with van der Waals surface area (Å²) < 4.78 is 13.5. The van der Waals surface area contributed by atoms with Crippen molar-refractivity contribution in [1.82, 2.24) is 5.32 Å². The van der Waals surface area contributed by atoms with Gasteiger partial charge >= 0.3 is 0 Å². The largest absolute Gasteiger partial charge is 0.504 e. The summed E-state index contributed by atoms with van der Waals surface area (Å²) in [7, 11) is 0. The van der Waals surface area contributed by atoms with Gasteiger partial charge < -0.3 is 15.5 Å². The second kappa shape index (κ2) is 13.5. The lowest BCUT2D eigenvalue weighted by Crippen LogP contribution is -2.37. The third-order valence-corrected chi connectivity index (χ3v) is 9.53. The van der Waals surface area contributed by atoms with Gasteiger partial charge in [-0.25, -0.2) is 4.39 Å². The smallest absolute Gasteiger partial charge is 0.255 e. The first kappa shape index (κ1) is 30.6. The molecule has 1 fully saturated rings. The lowest BCUT2D eigenvalue weighted by Gasteiger charge is -2.31. The van der Waals surface area contributed by atoms with Crippen LogP contribution in [0, 0.1) is 23.1 Å². The monoisotopic (exact) mass is 559 g/mol. The topological polar surface area (TPSA) is 69.6 Å². The van der Waals surface area contributed by atoms with E-state index in [1.54, 1.807) is 24.3 Å². The van der Waals surface area contributed by atoms with E-state index in [4.69, 9.17) is 0 Å². The molecule has 5 heteroatoms. The first-order chi connectivity index (χ1) is 19.7. The molecule has 0 bridgehead atoms. The SMILES string of the molecule is CCCC(CC1CCC2=CC(C)=C(C=CC(CC)(CC)Cc3ccc(F)cc3)CC21)NC(=O)c1cccc(O)c1O. The lowest BCUT2D eigenvalue weighted by molar-refractivity contribution is 0.0923. The zero-order chi connectivity index (χ0) is 29.6. The highest BCUT2D eigenvalue weighted by Crippen LogP contribution is 2.47. The molecule has 0 heterocycles. The first-order valence-electron chi connectivity index (χ1n) is 15.3. The average Bonchev–Trinajstić information content (AvgIpc) is 3.34. The van der Waals surface area contributed by atoms with Gasteiger partial charge in [-0.05, 0) is 117 Å². The van der Waals surface area contributed by atoms with Crippen molar-refractivity contribution in [1.29, 1.82) is 0 Å². The van der Waals surface area contributed by atoms with Crippen molar-refractivity contribution in [3.8, 4) is 11.5 Å². The van der Waals surface area contributed by atoms with Gasteiger partial charge in [0.15, 0.2) is 11.5 Å². The molecule has 220 valence electrons. The Labute approximate surface area is 245 Å². The summed E-state index contributed by atoms with van der Waals surface area (Å²) >= 11 is 0. The van der Waals surface area contributed by atoms with Crippen molar-refractivity contribution in [2.24, 2.45) is 17.3 Å². The van der Waals surface area contributed by atoms with Crippen LogP contribution in [0.1, 0.15) is 95.0 Å². The molecule has 41 heavy (non-hydrogen) atoms. The van der Waals surface area contributed by atoms with Gasteiger partial charge in [0, 0.05) is 6.04 Å². The Balaban J connectivity index is 1.46. The molecule has 1 amide bonds. The number of phenols is 2.